The second-order valence-electron chi connectivity index (χ2n) is 8.88. The molecule has 0 aromatic heterocycles. The van der Waals surface area contributed by atoms with E-state index in [0.29, 0.717) is 12.8 Å². The highest BCUT2D eigenvalue weighted by molar-refractivity contribution is 5.32. The number of hydrogen-bond donors (Lipinski definition) is 5. The van der Waals surface area contributed by atoms with Gasteiger partial charge in [0, 0.05) is 6.42 Å². The summed E-state index contributed by atoms with van der Waals surface area (Å²) in [6.07, 6.45) is -4.68. The summed E-state index contributed by atoms with van der Waals surface area (Å²) in [6.45, 7) is 7.31. The number of ether oxygens (including phenoxy) is 3. The summed E-state index contributed by atoms with van der Waals surface area (Å²) < 4.78 is 17.6. The molecule has 5 N–H and O–H groups in total. The lowest BCUT2D eigenvalue weighted by molar-refractivity contribution is -0.317. The first-order valence-electron chi connectivity index (χ1n) is 9.53. The van der Waals surface area contributed by atoms with Gasteiger partial charge in [-0.05, 0) is 31.3 Å². The highest BCUT2D eigenvalue weighted by Gasteiger charge is 2.53. The number of fused-ring (bicyclic) bond motifs is 1. The fourth-order valence-corrected chi connectivity index (χ4v) is 4.73. The standard InChI is InChI=1S/C19H32O8/c1-9(21)11-5-13-18(2,3)6-10(7-19(13,4)27-11)25-17-16(24)15(23)14(22)12(8-20)26-17/h5,9-12,14-17,20-24H,6-8H2,1-4H3/t9-,10+,11-,12-,14-,15+,16-,17-,19-/m1/s1. The van der Waals surface area contributed by atoms with Gasteiger partial charge >= 0.3 is 0 Å². The minimum absolute atomic E-state index is 0.255. The first-order chi connectivity index (χ1) is 12.5. The van der Waals surface area contributed by atoms with Crippen molar-refractivity contribution < 1.29 is 39.7 Å². The number of aliphatic hydroxyl groups is 5. The zero-order valence-corrected chi connectivity index (χ0v) is 16.3. The van der Waals surface area contributed by atoms with Crippen LogP contribution < -0.4 is 0 Å². The lowest BCUT2D eigenvalue weighted by Gasteiger charge is -2.48. The van der Waals surface area contributed by atoms with Crippen LogP contribution in [-0.2, 0) is 14.2 Å². The van der Waals surface area contributed by atoms with Crippen LogP contribution in [0.15, 0.2) is 11.6 Å². The zero-order valence-electron chi connectivity index (χ0n) is 16.3. The lowest BCUT2D eigenvalue weighted by atomic mass is 9.65. The Kier molecular flexibility index (Phi) is 5.75. The highest BCUT2D eigenvalue weighted by Crippen LogP contribution is 2.52. The lowest BCUT2D eigenvalue weighted by Crippen LogP contribution is -2.60. The van der Waals surface area contributed by atoms with Gasteiger partial charge in [-0.1, -0.05) is 19.9 Å². The fourth-order valence-electron chi connectivity index (χ4n) is 4.73. The molecule has 2 heterocycles. The van der Waals surface area contributed by atoms with Gasteiger partial charge in [-0.25, -0.2) is 0 Å². The summed E-state index contributed by atoms with van der Waals surface area (Å²) in [5.74, 6) is 0. The van der Waals surface area contributed by atoms with Gasteiger partial charge in [0.2, 0.25) is 0 Å². The Morgan fingerprint density at radius 1 is 1.15 bits per heavy atom. The van der Waals surface area contributed by atoms with Crippen LogP contribution in [0.5, 0.6) is 0 Å². The molecule has 3 aliphatic rings. The second kappa shape index (κ2) is 7.35. The average Bonchev–Trinajstić information content (AvgIpc) is 2.93. The molecule has 2 aliphatic heterocycles. The Morgan fingerprint density at radius 3 is 2.41 bits per heavy atom. The van der Waals surface area contributed by atoms with Crippen molar-refractivity contribution in [2.75, 3.05) is 6.61 Å². The molecule has 0 bridgehead atoms. The Hall–Kier alpha value is -0.580. The van der Waals surface area contributed by atoms with Gasteiger partial charge in [0.25, 0.3) is 0 Å². The molecule has 1 saturated carbocycles. The summed E-state index contributed by atoms with van der Waals surface area (Å²) >= 11 is 0. The number of aliphatic hydroxyl groups excluding tert-OH is 5. The quantitative estimate of drug-likeness (QED) is 0.406. The molecule has 0 unspecified atom stereocenters. The van der Waals surface area contributed by atoms with E-state index >= 15 is 0 Å². The van der Waals surface area contributed by atoms with Crippen molar-refractivity contribution >= 4 is 0 Å². The second-order valence-corrected chi connectivity index (χ2v) is 8.88. The fraction of sp³-hybridized carbons (Fsp3) is 0.895. The molecule has 156 valence electrons. The van der Waals surface area contributed by atoms with E-state index in [2.05, 4.69) is 13.8 Å². The Balaban J connectivity index is 1.75. The minimum atomic E-state index is -1.47. The zero-order chi connectivity index (χ0) is 20.1. The van der Waals surface area contributed by atoms with Crippen LogP contribution in [-0.4, -0.2) is 86.8 Å². The Labute approximate surface area is 159 Å². The summed E-state index contributed by atoms with van der Waals surface area (Å²) in [6, 6.07) is 0. The molecule has 27 heavy (non-hydrogen) atoms. The highest BCUT2D eigenvalue weighted by atomic mass is 16.7. The molecule has 0 aromatic carbocycles. The molecular formula is C19H32O8. The maximum absolute atomic E-state index is 10.2. The molecule has 0 amide bonds. The van der Waals surface area contributed by atoms with Crippen LogP contribution in [0.25, 0.3) is 0 Å². The van der Waals surface area contributed by atoms with E-state index in [-0.39, 0.29) is 17.6 Å². The molecular weight excluding hydrogens is 356 g/mol. The van der Waals surface area contributed by atoms with E-state index < -0.39 is 49.0 Å². The van der Waals surface area contributed by atoms with Gasteiger partial charge in [-0.2, -0.15) is 0 Å². The molecule has 9 atom stereocenters. The summed E-state index contributed by atoms with van der Waals surface area (Å²) in [5.41, 5.74) is 0.257. The van der Waals surface area contributed by atoms with Gasteiger partial charge in [0.1, 0.15) is 30.5 Å². The van der Waals surface area contributed by atoms with Crippen molar-refractivity contribution in [3.05, 3.63) is 11.6 Å². The SMILES string of the molecule is C[C@@H](O)[C@H]1C=C2C(C)(C)C[C@H](O[C@@H]3O[C@H](CO)[C@@H](O)[C@H](O)[C@H]3O)C[C@@]2(C)O1. The summed E-state index contributed by atoms with van der Waals surface area (Å²) in [5, 5.41) is 49.4. The molecule has 0 spiro atoms. The van der Waals surface area contributed by atoms with E-state index in [0.717, 1.165) is 5.57 Å². The molecule has 0 radical (unpaired) electrons. The summed E-state index contributed by atoms with van der Waals surface area (Å²) in [7, 11) is 0. The van der Waals surface area contributed by atoms with Gasteiger partial charge in [0.15, 0.2) is 6.29 Å². The average molecular weight is 388 g/mol. The van der Waals surface area contributed by atoms with Crippen molar-refractivity contribution in [3.8, 4) is 0 Å². The van der Waals surface area contributed by atoms with Crippen molar-refractivity contribution in [3.63, 3.8) is 0 Å². The molecule has 1 aliphatic carbocycles. The van der Waals surface area contributed by atoms with E-state index in [1.807, 2.05) is 13.0 Å². The van der Waals surface area contributed by atoms with Crippen LogP contribution in [0.3, 0.4) is 0 Å². The van der Waals surface area contributed by atoms with Crippen LogP contribution >= 0.6 is 0 Å². The maximum atomic E-state index is 10.2. The monoisotopic (exact) mass is 388 g/mol. The van der Waals surface area contributed by atoms with Crippen LogP contribution in [0.1, 0.15) is 40.5 Å². The van der Waals surface area contributed by atoms with Crippen LogP contribution in [0.2, 0.25) is 0 Å². The van der Waals surface area contributed by atoms with Gasteiger partial charge in [-0.3, -0.25) is 0 Å². The van der Waals surface area contributed by atoms with E-state index in [1.165, 1.54) is 0 Å². The van der Waals surface area contributed by atoms with Crippen molar-refractivity contribution in [2.24, 2.45) is 5.41 Å². The van der Waals surface area contributed by atoms with E-state index in [9.17, 15) is 25.5 Å². The Bertz CT molecular complexity index is 574. The van der Waals surface area contributed by atoms with Crippen LogP contribution in [0, 0.1) is 5.41 Å². The van der Waals surface area contributed by atoms with Gasteiger partial charge in [0.05, 0.1) is 24.4 Å². The number of hydrogen-bond acceptors (Lipinski definition) is 8. The number of rotatable bonds is 4. The molecule has 2 fully saturated rings. The first kappa shape index (κ1) is 21.1. The van der Waals surface area contributed by atoms with Crippen molar-refractivity contribution in [1.29, 1.82) is 0 Å². The predicted octanol–water partition coefficient (Wildman–Crippen LogP) is -0.544. The smallest absolute Gasteiger partial charge is 0.186 e. The third kappa shape index (κ3) is 3.82. The maximum Gasteiger partial charge on any atom is 0.186 e. The third-order valence-electron chi connectivity index (χ3n) is 6.03. The topological polar surface area (TPSA) is 129 Å². The Morgan fingerprint density at radius 2 is 1.81 bits per heavy atom. The molecule has 8 nitrogen and oxygen atoms in total. The third-order valence-corrected chi connectivity index (χ3v) is 6.03. The van der Waals surface area contributed by atoms with Crippen molar-refractivity contribution in [2.45, 2.75) is 95.2 Å². The van der Waals surface area contributed by atoms with E-state index in [1.54, 1.807) is 6.92 Å². The summed E-state index contributed by atoms with van der Waals surface area (Å²) in [4.78, 5) is 0. The van der Waals surface area contributed by atoms with Crippen molar-refractivity contribution in [1.82, 2.24) is 0 Å². The van der Waals surface area contributed by atoms with E-state index in [4.69, 9.17) is 14.2 Å². The van der Waals surface area contributed by atoms with Gasteiger partial charge < -0.3 is 39.7 Å². The molecule has 0 aromatic rings. The first-order valence-corrected chi connectivity index (χ1v) is 9.53. The molecule has 3 rings (SSSR count). The largest absolute Gasteiger partial charge is 0.394 e. The molecule has 8 heteroatoms. The minimum Gasteiger partial charge on any atom is -0.394 e. The normalized spacial score (nSPS) is 48.0. The van der Waals surface area contributed by atoms with Crippen LogP contribution in [0.4, 0.5) is 0 Å². The predicted molar refractivity (Wildman–Crippen MR) is 94.7 cm³/mol. The molecule has 1 saturated heterocycles. The van der Waals surface area contributed by atoms with Gasteiger partial charge in [-0.15, -0.1) is 0 Å².